The van der Waals surface area contributed by atoms with Gasteiger partial charge < -0.3 is 4.90 Å². The second-order valence-electron chi connectivity index (χ2n) is 10.9. The molecule has 1 heterocycles. The number of fused-ring (bicyclic) bond motifs is 1. The smallest absolute Gasteiger partial charge is 0.261 e. The van der Waals surface area contributed by atoms with Gasteiger partial charge in [-0.2, -0.15) is 13.7 Å². The first-order valence-electron chi connectivity index (χ1n) is 13.0. The Morgan fingerprint density at radius 1 is 0.976 bits per heavy atom. The molecule has 0 saturated heterocycles. The van der Waals surface area contributed by atoms with Gasteiger partial charge in [0.15, 0.2) is 9.84 Å². The van der Waals surface area contributed by atoms with Crippen LogP contribution in [0.3, 0.4) is 0 Å². The summed E-state index contributed by atoms with van der Waals surface area (Å²) in [5.74, 6) is 0. The number of aromatic nitrogens is 1. The third kappa shape index (κ3) is 9.06. The third-order valence-corrected chi connectivity index (χ3v) is 7.51. The topological polar surface area (TPSA) is 128 Å². The average Bonchev–Trinajstić information content (AvgIpc) is 2.90. The molecule has 0 bridgehead atoms. The summed E-state index contributed by atoms with van der Waals surface area (Å²) in [6.45, 7) is 4.55. The summed E-state index contributed by atoms with van der Waals surface area (Å²) in [5, 5.41) is 10.8. The predicted molar refractivity (Wildman–Crippen MR) is 169 cm³/mol. The summed E-state index contributed by atoms with van der Waals surface area (Å²) in [5.41, 5.74) is 6.28. The van der Waals surface area contributed by atoms with Gasteiger partial charge in [-0.1, -0.05) is 36.4 Å². The second kappa shape index (κ2) is 13.0. The molecule has 0 spiro atoms. The van der Waals surface area contributed by atoms with Crippen molar-refractivity contribution < 1.29 is 21.4 Å². The summed E-state index contributed by atoms with van der Waals surface area (Å²) < 4.78 is 49.7. The molecule has 4 rings (SSSR count). The quantitative estimate of drug-likeness (QED) is 0.209. The Morgan fingerprint density at radius 2 is 1.62 bits per heavy atom. The van der Waals surface area contributed by atoms with Gasteiger partial charge >= 0.3 is 0 Å². The monoisotopic (exact) mass is 605 g/mol. The molecule has 0 aliphatic heterocycles. The average molecular weight is 606 g/mol. The van der Waals surface area contributed by atoms with Crippen molar-refractivity contribution in [3.63, 3.8) is 0 Å². The van der Waals surface area contributed by atoms with Crippen LogP contribution in [0.15, 0.2) is 83.9 Å². The number of pyridine rings is 1. The summed E-state index contributed by atoms with van der Waals surface area (Å²) >= 11 is 0. The highest BCUT2D eigenvalue weighted by atomic mass is 32.2. The van der Waals surface area contributed by atoms with E-state index in [0.717, 1.165) is 44.3 Å². The second-order valence-corrected chi connectivity index (χ2v) is 14.4. The molecule has 0 amide bonds. The highest BCUT2D eigenvalue weighted by Gasteiger charge is 2.22. The molecule has 220 valence electrons. The van der Waals surface area contributed by atoms with Crippen LogP contribution in [-0.2, 0) is 25.4 Å². The van der Waals surface area contributed by atoms with Crippen molar-refractivity contribution in [1.82, 2.24) is 9.88 Å². The van der Waals surface area contributed by atoms with Crippen molar-refractivity contribution in [1.29, 1.82) is 5.26 Å². The van der Waals surface area contributed by atoms with E-state index in [2.05, 4.69) is 46.3 Å². The van der Waals surface area contributed by atoms with E-state index in [1.807, 2.05) is 64.3 Å². The third-order valence-electron chi connectivity index (χ3n) is 6.38. The van der Waals surface area contributed by atoms with Crippen molar-refractivity contribution in [2.24, 2.45) is 0 Å². The molecule has 1 N–H and O–H groups in total. The van der Waals surface area contributed by atoms with Gasteiger partial charge in [0.05, 0.1) is 28.2 Å². The molecule has 0 aliphatic rings. The number of hydrogen-bond donors (Lipinski definition) is 1. The van der Waals surface area contributed by atoms with Gasteiger partial charge in [0.1, 0.15) is 0 Å². The highest BCUT2D eigenvalue weighted by Crippen LogP contribution is 2.34. The van der Waals surface area contributed by atoms with E-state index in [1.165, 1.54) is 6.26 Å². The molecule has 0 radical (unpaired) electrons. The molecule has 0 unspecified atom stereocenters. The summed E-state index contributed by atoms with van der Waals surface area (Å²) in [4.78, 5) is 7.05. The fraction of sp³-hybridized carbons (Fsp3) is 0.250. The SMILES string of the molecule is CN(C)C/C(=C\c1cccc(-c2cc(C(C)(C)C#N)cc3cccnc23)c1)c1ccc(S(C)(=O)=O)cc1.CS(=O)(=O)O. The van der Waals surface area contributed by atoms with E-state index >= 15 is 0 Å². The minimum absolute atomic E-state index is 0.307. The molecule has 1 aromatic heterocycles. The number of benzene rings is 3. The fourth-order valence-corrected chi connectivity index (χ4v) is 4.94. The first-order valence-corrected chi connectivity index (χ1v) is 16.7. The molecule has 0 atom stereocenters. The minimum Gasteiger partial charge on any atom is -0.305 e. The Bertz CT molecular complexity index is 1860. The van der Waals surface area contributed by atoms with Gasteiger partial charge in [-0.15, -0.1) is 0 Å². The molecule has 3 aromatic carbocycles. The Balaban J connectivity index is 0.000000892. The highest BCUT2D eigenvalue weighted by molar-refractivity contribution is 7.90. The van der Waals surface area contributed by atoms with Crippen LogP contribution in [0.25, 0.3) is 33.7 Å². The van der Waals surface area contributed by atoms with Crippen molar-refractivity contribution in [3.8, 4) is 17.2 Å². The molecular formula is C32H35N3O5S2. The van der Waals surface area contributed by atoms with E-state index in [9.17, 15) is 22.1 Å². The fourth-order valence-electron chi connectivity index (χ4n) is 4.31. The zero-order valence-corrected chi connectivity index (χ0v) is 26.2. The van der Waals surface area contributed by atoms with Crippen LogP contribution in [0.4, 0.5) is 0 Å². The van der Waals surface area contributed by atoms with E-state index in [0.29, 0.717) is 17.7 Å². The predicted octanol–water partition coefficient (Wildman–Crippen LogP) is 5.71. The molecule has 4 aromatic rings. The lowest BCUT2D eigenvalue weighted by Crippen LogP contribution is -2.14. The van der Waals surface area contributed by atoms with Gasteiger partial charge in [0.2, 0.25) is 0 Å². The zero-order valence-electron chi connectivity index (χ0n) is 24.5. The summed E-state index contributed by atoms with van der Waals surface area (Å²) in [7, 11) is -2.90. The maximum Gasteiger partial charge on any atom is 0.261 e. The number of nitriles is 1. The maximum absolute atomic E-state index is 11.9. The zero-order chi connectivity index (χ0) is 31.3. The maximum atomic E-state index is 11.9. The summed E-state index contributed by atoms with van der Waals surface area (Å²) in [6, 6.07) is 25.8. The van der Waals surface area contributed by atoms with Crippen molar-refractivity contribution in [2.75, 3.05) is 33.2 Å². The number of hydrogen-bond acceptors (Lipinski definition) is 7. The summed E-state index contributed by atoms with van der Waals surface area (Å²) in [6.07, 6.45) is 5.86. The lowest BCUT2D eigenvalue weighted by Gasteiger charge is -2.19. The van der Waals surface area contributed by atoms with Crippen LogP contribution >= 0.6 is 0 Å². The Labute approximate surface area is 248 Å². The minimum atomic E-state index is -3.67. The molecule has 0 saturated carbocycles. The molecule has 0 aliphatic carbocycles. The van der Waals surface area contributed by atoms with Crippen molar-refractivity contribution in [3.05, 3.63) is 95.7 Å². The van der Waals surface area contributed by atoms with Gasteiger partial charge in [0.25, 0.3) is 10.1 Å². The molecule has 10 heteroatoms. The standard InChI is InChI=1S/C31H31N3O2S.CH4O3S/c1-31(2,21-32)27-18-25-10-7-15-33-30(25)29(19-27)24-9-6-8-22(16-24)17-26(20-34(3)4)23-11-13-28(14-12-23)37(5,35)36;1-5(2,3)4/h6-19H,20H2,1-5H3;1H3,(H,2,3,4)/b26-17+;. The molecule has 42 heavy (non-hydrogen) atoms. The van der Waals surface area contributed by atoms with Crippen LogP contribution in [0.1, 0.15) is 30.5 Å². The van der Waals surface area contributed by atoms with Crippen LogP contribution in [-0.4, -0.2) is 64.4 Å². The van der Waals surface area contributed by atoms with E-state index in [1.54, 1.807) is 18.3 Å². The van der Waals surface area contributed by atoms with Gasteiger partial charge in [-0.05, 0) is 98.2 Å². The number of rotatable bonds is 7. The van der Waals surface area contributed by atoms with Gasteiger partial charge in [0, 0.05) is 29.9 Å². The lowest BCUT2D eigenvalue weighted by molar-refractivity contribution is 0.463. The van der Waals surface area contributed by atoms with Crippen LogP contribution < -0.4 is 0 Å². The number of nitrogens with zero attached hydrogens (tertiary/aromatic N) is 3. The van der Waals surface area contributed by atoms with E-state index in [4.69, 9.17) is 4.55 Å². The molecule has 8 nitrogen and oxygen atoms in total. The van der Waals surface area contributed by atoms with Gasteiger partial charge in [-0.3, -0.25) is 9.54 Å². The Kier molecular flexibility index (Phi) is 10.1. The van der Waals surface area contributed by atoms with Gasteiger partial charge in [-0.25, -0.2) is 8.42 Å². The number of sulfone groups is 1. The first kappa shape index (κ1) is 32.6. The van der Waals surface area contributed by atoms with Crippen LogP contribution in [0, 0.1) is 11.3 Å². The van der Waals surface area contributed by atoms with Crippen LogP contribution in [0.5, 0.6) is 0 Å². The van der Waals surface area contributed by atoms with E-state index in [-0.39, 0.29) is 0 Å². The molecule has 0 fully saturated rings. The van der Waals surface area contributed by atoms with E-state index < -0.39 is 25.4 Å². The molecular weight excluding hydrogens is 571 g/mol. The Morgan fingerprint density at radius 3 is 2.19 bits per heavy atom. The van der Waals surface area contributed by atoms with Crippen molar-refractivity contribution in [2.45, 2.75) is 24.2 Å². The Hall–Kier alpha value is -3.88. The van der Waals surface area contributed by atoms with Crippen LogP contribution in [0.2, 0.25) is 0 Å². The van der Waals surface area contributed by atoms with Crippen molar-refractivity contribution >= 4 is 42.5 Å². The normalized spacial score (nSPS) is 12.5. The largest absolute Gasteiger partial charge is 0.305 e. The first-order chi connectivity index (χ1) is 19.5. The number of likely N-dealkylation sites (N-methyl/N-ethyl adjacent to an activating group) is 1. The lowest BCUT2D eigenvalue weighted by atomic mass is 9.83.